The van der Waals surface area contributed by atoms with Crippen LogP contribution in [0.5, 0.6) is 0 Å². The quantitative estimate of drug-likeness (QED) is 0.524. The Labute approximate surface area is 168 Å². The van der Waals surface area contributed by atoms with Gasteiger partial charge in [0.2, 0.25) is 5.91 Å². The monoisotopic (exact) mass is 389 g/mol. The number of aryl methyl sites for hydroxylation is 2. The molecular formula is C23H23N3O3. The first-order valence-corrected chi connectivity index (χ1v) is 9.67. The minimum Gasteiger partial charge on any atom is -0.461 e. The standard InChI is InChI=1S/C23H23N3O3/c1-4-20-18(16-10-7-8-12-21(16)29-20)14-25(2)22(27)13-19-15-9-5-6-11-17(15)23(28)26(3)24-19/h5-12H,4,13-14H2,1-3H3. The number of para-hydroxylation sites is 1. The van der Waals surface area contributed by atoms with Gasteiger partial charge in [-0.1, -0.05) is 43.3 Å². The van der Waals surface area contributed by atoms with Crippen molar-refractivity contribution in [1.82, 2.24) is 14.7 Å². The van der Waals surface area contributed by atoms with Crippen LogP contribution in [0.2, 0.25) is 0 Å². The van der Waals surface area contributed by atoms with Gasteiger partial charge in [0.25, 0.3) is 5.56 Å². The molecule has 2 aromatic heterocycles. The SMILES string of the molecule is CCc1oc2ccccc2c1CN(C)C(=O)Cc1nn(C)c(=O)c2ccccc12. The van der Waals surface area contributed by atoms with Crippen LogP contribution in [0, 0.1) is 0 Å². The van der Waals surface area contributed by atoms with Crippen LogP contribution in [0.25, 0.3) is 21.7 Å². The molecule has 0 aliphatic carbocycles. The molecule has 0 atom stereocenters. The van der Waals surface area contributed by atoms with Crippen molar-refractivity contribution in [3.05, 3.63) is 75.9 Å². The molecule has 0 fully saturated rings. The smallest absolute Gasteiger partial charge is 0.274 e. The van der Waals surface area contributed by atoms with Crippen LogP contribution in [-0.2, 0) is 31.2 Å². The molecule has 2 aromatic carbocycles. The number of rotatable bonds is 5. The number of amides is 1. The maximum absolute atomic E-state index is 13.0. The maximum Gasteiger partial charge on any atom is 0.274 e. The summed E-state index contributed by atoms with van der Waals surface area (Å²) in [5, 5.41) is 6.68. The first-order valence-electron chi connectivity index (χ1n) is 9.67. The molecule has 29 heavy (non-hydrogen) atoms. The van der Waals surface area contributed by atoms with Gasteiger partial charge in [-0.15, -0.1) is 0 Å². The lowest BCUT2D eigenvalue weighted by Crippen LogP contribution is -2.30. The Kier molecular flexibility index (Phi) is 4.92. The molecule has 0 saturated carbocycles. The molecule has 6 heteroatoms. The highest BCUT2D eigenvalue weighted by Crippen LogP contribution is 2.27. The number of benzene rings is 2. The van der Waals surface area contributed by atoms with E-state index in [0.717, 1.165) is 34.1 Å². The summed E-state index contributed by atoms with van der Waals surface area (Å²) in [4.78, 5) is 27.0. The lowest BCUT2D eigenvalue weighted by atomic mass is 10.1. The van der Waals surface area contributed by atoms with Gasteiger partial charge in [0.05, 0.1) is 17.5 Å². The molecule has 0 radical (unpaired) electrons. The molecule has 2 heterocycles. The Morgan fingerprint density at radius 3 is 2.45 bits per heavy atom. The molecule has 0 bridgehead atoms. The highest BCUT2D eigenvalue weighted by molar-refractivity contribution is 5.89. The van der Waals surface area contributed by atoms with Crippen molar-refractivity contribution in [3.63, 3.8) is 0 Å². The van der Waals surface area contributed by atoms with E-state index in [1.807, 2.05) is 49.4 Å². The Bertz CT molecular complexity index is 1270. The Morgan fingerprint density at radius 1 is 1.07 bits per heavy atom. The molecule has 0 saturated heterocycles. The zero-order chi connectivity index (χ0) is 20.5. The van der Waals surface area contributed by atoms with Crippen LogP contribution in [0.3, 0.4) is 0 Å². The van der Waals surface area contributed by atoms with Gasteiger partial charge in [0, 0.05) is 43.4 Å². The molecule has 4 rings (SSSR count). The van der Waals surface area contributed by atoms with Gasteiger partial charge < -0.3 is 9.32 Å². The molecule has 0 aliphatic heterocycles. The van der Waals surface area contributed by atoms with Gasteiger partial charge in [0.15, 0.2) is 0 Å². The summed E-state index contributed by atoms with van der Waals surface area (Å²) in [5.74, 6) is 0.838. The van der Waals surface area contributed by atoms with Gasteiger partial charge in [-0.25, -0.2) is 4.68 Å². The van der Waals surface area contributed by atoms with E-state index in [1.54, 1.807) is 25.1 Å². The predicted molar refractivity (Wildman–Crippen MR) is 113 cm³/mol. The summed E-state index contributed by atoms with van der Waals surface area (Å²) in [6, 6.07) is 15.2. The first-order chi connectivity index (χ1) is 14.0. The minimum absolute atomic E-state index is 0.0614. The molecule has 0 N–H and O–H groups in total. The minimum atomic E-state index is -0.164. The van der Waals surface area contributed by atoms with E-state index in [2.05, 4.69) is 5.10 Å². The van der Waals surface area contributed by atoms with Gasteiger partial charge in [-0.05, 0) is 12.1 Å². The van der Waals surface area contributed by atoms with Crippen molar-refractivity contribution in [2.24, 2.45) is 7.05 Å². The number of furan rings is 1. The maximum atomic E-state index is 13.0. The number of nitrogens with zero attached hydrogens (tertiary/aromatic N) is 3. The van der Waals surface area contributed by atoms with Crippen LogP contribution < -0.4 is 5.56 Å². The fourth-order valence-corrected chi connectivity index (χ4v) is 3.72. The van der Waals surface area contributed by atoms with Gasteiger partial charge in [-0.2, -0.15) is 5.10 Å². The highest BCUT2D eigenvalue weighted by atomic mass is 16.3. The van der Waals surface area contributed by atoms with Crippen LogP contribution in [0.4, 0.5) is 0 Å². The average molecular weight is 389 g/mol. The van der Waals surface area contributed by atoms with Gasteiger partial charge in [0.1, 0.15) is 11.3 Å². The summed E-state index contributed by atoms with van der Waals surface area (Å²) < 4.78 is 7.24. The van der Waals surface area contributed by atoms with Crippen LogP contribution >= 0.6 is 0 Å². The summed E-state index contributed by atoms with van der Waals surface area (Å²) in [7, 11) is 3.39. The second-order valence-electron chi connectivity index (χ2n) is 7.20. The number of likely N-dealkylation sites (N-methyl/N-ethyl adjacent to an activating group) is 1. The van der Waals surface area contributed by atoms with E-state index in [4.69, 9.17) is 4.42 Å². The zero-order valence-electron chi connectivity index (χ0n) is 16.8. The number of carbonyl (C=O) groups excluding carboxylic acids is 1. The van der Waals surface area contributed by atoms with E-state index in [-0.39, 0.29) is 17.9 Å². The van der Waals surface area contributed by atoms with Crippen molar-refractivity contribution in [3.8, 4) is 0 Å². The van der Waals surface area contributed by atoms with Crippen LogP contribution in [0.15, 0.2) is 57.7 Å². The van der Waals surface area contributed by atoms with Gasteiger partial charge in [-0.3, -0.25) is 9.59 Å². The molecule has 1 amide bonds. The van der Waals surface area contributed by atoms with E-state index < -0.39 is 0 Å². The summed E-state index contributed by atoms with van der Waals surface area (Å²) in [6.07, 6.45) is 0.890. The zero-order valence-corrected chi connectivity index (χ0v) is 16.8. The Morgan fingerprint density at radius 2 is 1.72 bits per heavy atom. The number of aromatic nitrogens is 2. The van der Waals surface area contributed by atoms with E-state index in [9.17, 15) is 9.59 Å². The number of hydrogen-bond donors (Lipinski definition) is 0. The third-order valence-electron chi connectivity index (χ3n) is 5.28. The van der Waals surface area contributed by atoms with E-state index in [1.165, 1.54) is 4.68 Å². The highest BCUT2D eigenvalue weighted by Gasteiger charge is 2.19. The van der Waals surface area contributed by atoms with Crippen LogP contribution in [-0.4, -0.2) is 27.6 Å². The second-order valence-corrected chi connectivity index (χ2v) is 7.20. The van der Waals surface area contributed by atoms with Crippen molar-refractivity contribution in [1.29, 1.82) is 0 Å². The van der Waals surface area contributed by atoms with Gasteiger partial charge >= 0.3 is 0 Å². The molecule has 0 unspecified atom stereocenters. The number of fused-ring (bicyclic) bond motifs is 2. The lowest BCUT2D eigenvalue weighted by molar-refractivity contribution is -0.129. The topological polar surface area (TPSA) is 68.3 Å². The molecule has 0 aliphatic rings. The fraction of sp³-hybridized carbons (Fsp3) is 0.261. The first kappa shape index (κ1) is 18.9. The Hall–Kier alpha value is -3.41. The van der Waals surface area contributed by atoms with Crippen molar-refractivity contribution < 1.29 is 9.21 Å². The van der Waals surface area contributed by atoms with E-state index in [0.29, 0.717) is 17.6 Å². The Balaban J connectivity index is 1.63. The number of carbonyl (C=O) groups is 1. The summed E-state index contributed by atoms with van der Waals surface area (Å²) in [6.45, 7) is 2.51. The second kappa shape index (κ2) is 7.54. The normalized spacial score (nSPS) is 11.3. The molecule has 148 valence electrons. The fourth-order valence-electron chi connectivity index (χ4n) is 3.72. The average Bonchev–Trinajstić information content (AvgIpc) is 3.09. The molecule has 4 aromatic rings. The van der Waals surface area contributed by atoms with Crippen molar-refractivity contribution in [2.45, 2.75) is 26.3 Å². The number of hydrogen-bond acceptors (Lipinski definition) is 4. The largest absolute Gasteiger partial charge is 0.461 e. The van der Waals surface area contributed by atoms with Crippen molar-refractivity contribution in [2.75, 3.05) is 7.05 Å². The molecule has 0 spiro atoms. The third-order valence-corrected chi connectivity index (χ3v) is 5.28. The van der Waals surface area contributed by atoms with Crippen molar-refractivity contribution >= 4 is 27.6 Å². The lowest BCUT2D eigenvalue weighted by Gasteiger charge is -2.18. The molecule has 6 nitrogen and oxygen atoms in total. The summed E-state index contributed by atoms with van der Waals surface area (Å²) >= 11 is 0. The van der Waals surface area contributed by atoms with E-state index >= 15 is 0 Å². The van der Waals surface area contributed by atoms with Crippen LogP contribution in [0.1, 0.15) is 23.9 Å². The third kappa shape index (κ3) is 3.42. The summed E-state index contributed by atoms with van der Waals surface area (Å²) in [5.41, 5.74) is 2.32. The predicted octanol–water partition coefficient (Wildman–Crippen LogP) is 3.44. The molecular weight excluding hydrogens is 366 g/mol.